The number of oxime groups is 1. The summed E-state index contributed by atoms with van der Waals surface area (Å²) in [7, 11) is 0. The smallest absolute Gasteiger partial charge is 0.330 e. The standard InChI is InChI=1S/C20H20ClNO4/c1-2-24-20(23)9-6-12-25-19-13-18(21)11-10-17(19)14-22-26-15-16-7-4-3-5-8-16/h3-11,13-14H,2,12,15H2,1H3/b9-6+,22-14+. The molecule has 2 aromatic carbocycles. The predicted octanol–water partition coefficient (Wildman–Crippen LogP) is 4.39. The zero-order valence-electron chi connectivity index (χ0n) is 14.4. The molecule has 0 spiro atoms. The first-order valence-corrected chi connectivity index (χ1v) is 8.51. The lowest BCUT2D eigenvalue weighted by atomic mass is 10.2. The van der Waals surface area contributed by atoms with Gasteiger partial charge in [-0.3, -0.25) is 0 Å². The van der Waals surface area contributed by atoms with E-state index in [4.69, 9.17) is 25.9 Å². The number of hydrogen-bond donors (Lipinski definition) is 0. The van der Waals surface area contributed by atoms with Crippen LogP contribution in [0.5, 0.6) is 5.75 Å². The third-order valence-electron chi connectivity index (χ3n) is 3.19. The van der Waals surface area contributed by atoms with Gasteiger partial charge in [-0.15, -0.1) is 0 Å². The number of carbonyl (C=O) groups excluding carboxylic acids is 1. The van der Waals surface area contributed by atoms with Crippen molar-refractivity contribution in [3.63, 3.8) is 0 Å². The zero-order valence-corrected chi connectivity index (χ0v) is 15.2. The number of halogens is 1. The normalized spacial score (nSPS) is 11.0. The molecule has 0 saturated heterocycles. The first kappa shape index (κ1) is 19.5. The Morgan fingerprint density at radius 3 is 2.77 bits per heavy atom. The maximum atomic E-state index is 11.2. The molecule has 0 N–H and O–H groups in total. The molecule has 0 amide bonds. The first-order valence-electron chi connectivity index (χ1n) is 8.14. The fraction of sp³-hybridized carbons (Fsp3) is 0.200. The summed E-state index contributed by atoms with van der Waals surface area (Å²) < 4.78 is 10.4. The minimum Gasteiger partial charge on any atom is -0.489 e. The van der Waals surface area contributed by atoms with E-state index in [1.54, 1.807) is 37.4 Å². The van der Waals surface area contributed by atoms with Crippen LogP contribution in [0.4, 0.5) is 0 Å². The van der Waals surface area contributed by atoms with Crippen molar-refractivity contribution in [2.45, 2.75) is 13.5 Å². The second-order valence-electron chi connectivity index (χ2n) is 5.14. The van der Waals surface area contributed by atoms with E-state index in [1.165, 1.54) is 6.08 Å². The number of esters is 1. The van der Waals surface area contributed by atoms with Crippen LogP contribution in [0.3, 0.4) is 0 Å². The molecule has 0 bridgehead atoms. The molecular formula is C20H20ClNO4. The van der Waals surface area contributed by atoms with E-state index in [2.05, 4.69) is 5.16 Å². The van der Waals surface area contributed by atoms with Crippen LogP contribution in [0.25, 0.3) is 0 Å². The molecule has 2 aromatic rings. The van der Waals surface area contributed by atoms with Gasteiger partial charge in [-0.05, 0) is 36.8 Å². The lowest BCUT2D eigenvalue weighted by Crippen LogP contribution is -2.02. The Kier molecular flexibility index (Phi) is 8.23. The highest BCUT2D eigenvalue weighted by atomic mass is 35.5. The number of nitrogens with zero attached hydrogens (tertiary/aromatic N) is 1. The van der Waals surface area contributed by atoms with Gasteiger partial charge in [-0.25, -0.2) is 4.79 Å². The lowest BCUT2D eigenvalue weighted by Gasteiger charge is -2.07. The van der Waals surface area contributed by atoms with Gasteiger partial charge in [0.25, 0.3) is 0 Å². The van der Waals surface area contributed by atoms with Crippen LogP contribution in [0.15, 0.2) is 65.8 Å². The van der Waals surface area contributed by atoms with Crippen LogP contribution in [-0.4, -0.2) is 25.4 Å². The van der Waals surface area contributed by atoms with Crippen molar-refractivity contribution in [2.75, 3.05) is 13.2 Å². The molecule has 136 valence electrons. The van der Waals surface area contributed by atoms with E-state index >= 15 is 0 Å². The first-order chi connectivity index (χ1) is 12.7. The molecule has 0 fully saturated rings. The molecule has 0 saturated carbocycles. The third kappa shape index (κ3) is 6.99. The number of carbonyl (C=O) groups is 1. The molecule has 0 aromatic heterocycles. The van der Waals surface area contributed by atoms with Crippen molar-refractivity contribution in [3.05, 3.63) is 76.8 Å². The quantitative estimate of drug-likeness (QED) is 0.283. The van der Waals surface area contributed by atoms with Crippen molar-refractivity contribution in [1.29, 1.82) is 0 Å². The van der Waals surface area contributed by atoms with E-state index in [0.29, 0.717) is 29.5 Å². The van der Waals surface area contributed by atoms with Gasteiger partial charge in [0.2, 0.25) is 0 Å². The van der Waals surface area contributed by atoms with Crippen LogP contribution in [0.1, 0.15) is 18.1 Å². The molecule has 0 aliphatic heterocycles. The molecular weight excluding hydrogens is 354 g/mol. The molecule has 0 unspecified atom stereocenters. The van der Waals surface area contributed by atoms with Crippen molar-refractivity contribution in [1.82, 2.24) is 0 Å². The Morgan fingerprint density at radius 1 is 1.19 bits per heavy atom. The number of benzene rings is 2. The van der Waals surface area contributed by atoms with E-state index in [0.717, 1.165) is 5.56 Å². The summed E-state index contributed by atoms with van der Waals surface area (Å²) in [6, 6.07) is 14.9. The maximum Gasteiger partial charge on any atom is 0.330 e. The SMILES string of the molecule is CCOC(=O)/C=C/COc1cc(Cl)ccc1/C=N/OCc1ccccc1. The molecule has 0 atom stereocenters. The topological polar surface area (TPSA) is 57.1 Å². The summed E-state index contributed by atoms with van der Waals surface area (Å²) in [4.78, 5) is 16.5. The van der Waals surface area contributed by atoms with Gasteiger partial charge in [-0.2, -0.15) is 0 Å². The Balaban J connectivity index is 1.91. The summed E-state index contributed by atoms with van der Waals surface area (Å²) in [5.74, 6) is 0.136. The second-order valence-corrected chi connectivity index (χ2v) is 5.58. The highest BCUT2D eigenvalue weighted by Gasteiger charge is 2.03. The van der Waals surface area contributed by atoms with Crippen molar-refractivity contribution in [2.24, 2.45) is 5.16 Å². The average Bonchev–Trinajstić information content (AvgIpc) is 2.65. The van der Waals surface area contributed by atoms with Crippen LogP contribution < -0.4 is 4.74 Å². The zero-order chi connectivity index (χ0) is 18.6. The number of rotatable bonds is 9. The van der Waals surface area contributed by atoms with Crippen LogP contribution in [0.2, 0.25) is 5.02 Å². The van der Waals surface area contributed by atoms with E-state index in [9.17, 15) is 4.79 Å². The lowest BCUT2D eigenvalue weighted by molar-refractivity contribution is -0.137. The van der Waals surface area contributed by atoms with Crippen LogP contribution in [0, 0.1) is 0 Å². The summed E-state index contributed by atoms with van der Waals surface area (Å²) in [6.07, 6.45) is 4.46. The van der Waals surface area contributed by atoms with Crippen molar-refractivity contribution < 1.29 is 19.1 Å². The van der Waals surface area contributed by atoms with Gasteiger partial charge < -0.3 is 14.3 Å². The molecule has 6 heteroatoms. The minimum absolute atomic E-state index is 0.199. The van der Waals surface area contributed by atoms with Gasteiger partial charge in [0.05, 0.1) is 12.8 Å². The average molecular weight is 374 g/mol. The largest absolute Gasteiger partial charge is 0.489 e. The maximum absolute atomic E-state index is 11.2. The molecule has 0 aliphatic rings. The highest BCUT2D eigenvalue weighted by molar-refractivity contribution is 6.30. The van der Waals surface area contributed by atoms with Gasteiger partial charge >= 0.3 is 5.97 Å². The number of hydrogen-bond acceptors (Lipinski definition) is 5. The summed E-state index contributed by atoms with van der Waals surface area (Å²) in [6.45, 7) is 2.66. The Labute approximate surface area is 157 Å². The third-order valence-corrected chi connectivity index (χ3v) is 3.43. The molecule has 0 radical (unpaired) electrons. The summed E-state index contributed by atoms with van der Waals surface area (Å²) >= 11 is 6.01. The van der Waals surface area contributed by atoms with E-state index in [-0.39, 0.29) is 6.61 Å². The Bertz CT molecular complexity index is 760. The van der Waals surface area contributed by atoms with Crippen LogP contribution in [-0.2, 0) is 21.0 Å². The Hall–Kier alpha value is -2.79. The van der Waals surface area contributed by atoms with Crippen molar-refractivity contribution >= 4 is 23.8 Å². The van der Waals surface area contributed by atoms with Gasteiger partial charge in [0.1, 0.15) is 19.0 Å². The summed E-state index contributed by atoms with van der Waals surface area (Å²) in [5, 5.41) is 4.51. The fourth-order valence-corrected chi connectivity index (χ4v) is 2.15. The monoisotopic (exact) mass is 373 g/mol. The van der Waals surface area contributed by atoms with Crippen molar-refractivity contribution in [3.8, 4) is 5.75 Å². The summed E-state index contributed by atoms with van der Waals surface area (Å²) in [5.41, 5.74) is 1.74. The van der Waals surface area contributed by atoms with E-state index < -0.39 is 5.97 Å². The second kappa shape index (κ2) is 10.9. The van der Waals surface area contributed by atoms with Gasteiger partial charge in [0.15, 0.2) is 0 Å². The van der Waals surface area contributed by atoms with Crippen LogP contribution >= 0.6 is 11.6 Å². The molecule has 0 aliphatic carbocycles. The molecule has 26 heavy (non-hydrogen) atoms. The highest BCUT2D eigenvalue weighted by Crippen LogP contribution is 2.22. The van der Waals surface area contributed by atoms with Gasteiger partial charge in [-0.1, -0.05) is 47.1 Å². The fourth-order valence-electron chi connectivity index (χ4n) is 1.99. The van der Waals surface area contributed by atoms with E-state index in [1.807, 2.05) is 30.3 Å². The van der Waals surface area contributed by atoms with Gasteiger partial charge in [0, 0.05) is 16.7 Å². The molecule has 5 nitrogen and oxygen atoms in total. The molecule has 2 rings (SSSR count). The minimum atomic E-state index is -0.404. The Morgan fingerprint density at radius 2 is 2.00 bits per heavy atom. The molecule has 0 heterocycles. The number of ether oxygens (including phenoxy) is 2. The predicted molar refractivity (Wildman–Crippen MR) is 102 cm³/mol.